The molecule has 2 fully saturated rings. The van der Waals surface area contributed by atoms with Crippen molar-refractivity contribution in [2.24, 2.45) is 5.92 Å². The second kappa shape index (κ2) is 5.40. The monoisotopic (exact) mass is 231 g/mol. The normalized spacial score (nSPS) is 26.6. The Kier molecular flexibility index (Phi) is 3.89. The van der Waals surface area contributed by atoms with Gasteiger partial charge in [-0.2, -0.15) is 0 Å². The number of likely N-dealkylation sites (tertiary alicyclic amines) is 1. The number of allylic oxidation sites excluding steroid dienone is 1. The molecule has 0 N–H and O–H groups in total. The van der Waals surface area contributed by atoms with Crippen molar-refractivity contribution in [2.45, 2.75) is 51.5 Å². The largest absolute Gasteiger partial charge is 0.336 e. The second-order valence-corrected chi connectivity index (χ2v) is 5.24. The number of nitrogens with zero attached hydrogens (tertiary/aromatic N) is 1. The maximum absolute atomic E-state index is 11.4. The van der Waals surface area contributed by atoms with Crippen molar-refractivity contribution in [3.63, 3.8) is 0 Å². The number of rotatable bonds is 3. The van der Waals surface area contributed by atoms with E-state index in [9.17, 15) is 4.79 Å². The lowest BCUT2D eigenvalue weighted by Gasteiger charge is -2.37. The summed E-state index contributed by atoms with van der Waals surface area (Å²) in [6, 6.07) is 0.393. The third-order valence-electron chi connectivity index (χ3n) is 4.04. The van der Waals surface area contributed by atoms with Gasteiger partial charge in [0.1, 0.15) is 0 Å². The molecule has 2 aliphatic rings. The average molecular weight is 231 g/mol. The highest BCUT2D eigenvalue weighted by Gasteiger charge is 2.31. The third-order valence-corrected chi connectivity index (χ3v) is 4.04. The summed E-state index contributed by atoms with van der Waals surface area (Å²) in [4.78, 5) is 13.3. The summed E-state index contributed by atoms with van der Waals surface area (Å²) < 4.78 is 0. The zero-order valence-corrected chi connectivity index (χ0v) is 10.6. The Labute approximate surface area is 104 Å². The van der Waals surface area contributed by atoms with E-state index in [4.69, 9.17) is 6.42 Å². The van der Waals surface area contributed by atoms with Crippen LogP contribution in [0.25, 0.3) is 0 Å². The van der Waals surface area contributed by atoms with E-state index in [0.29, 0.717) is 24.9 Å². The van der Waals surface area contributed by atoms with E-state index < -0.39 is 0 Å². The molecule has 0 spiro atoms. The van der Waals surface area contributed by atoms with Gasteiger partial charge >= 0.3 is 0 Å². The maximum Gasteiger partial charge on any atom is 0.225 e. The fourth-order valence-corrected chi connectivity index (χ4v) is 2.85. The van der Waals surface area contributed by atoms with Crippen LogP contribution in [0.2, 0.25) is 0 Å². The summed E-state index contributed by atoms with van der Waals surface area (Å²) in [5.74, 6) is 3.66. The Morgan fingerprint density at radius 3 is 2.71 bits per heavy atom. The van der Waals surface area contributed by atoms with Crippen molar-refractivity contribution in [1.82, 2.24) is 4.90 Å². The van der Waals surface area contributed by atoms with Crippen LogP contribution < -0.4 is 0 Å². The van der Waals surface area contributed by atoms with Crippen molar-refractivity contribution in [3.05, 3.63) is 11.6 Å². The van der Waals surface area contributed by atoms with Crippen molar-refractivity contribution >= 4 is 5.91 Å². The van der Waals surface area contributed by atoms with Gasteiger partial charge in [-0.1, -0.05) is 31.3 Å². The molecule has 1 aliphatic carbocycles. The first-order valence-corrected chi connectivity index (χ1v) is 6.68. The predicted octanol–water partition coefficient (Wildman–Crippen LogP) is 2.75. The molecule has 2 heteroatoms. The van der Waals surface area contributed by atoms with Gasteiger partial charge in [-0.25, -0.2) is 0 Å². The minimum absolute atomic E-state index is 0.258. The van der Waals surface area contributed by atoms with Crippen LogP contribution >= 0.6 is 0 Å². The minimum atomic E-state index is 0.258. The quantitative estimate of drug-likeness (QED) is 0.540. The van der Waals surface area contributed by atoms with Gasteiger partial charge in [-0.3, -0.25) is 4.79 Å². The fraction of sp³-hybridized carbons (Fsp3) is 0.667. The molecule has 2 rings (SSSR count). The lowest BCUT2D eigenvalue weighted by Crippen LogP contribution is -2.50. The number of amides is 1. The molecule has 2 nitrogen and oxygen atoms in total. The van der Waals surface area contributed by atoms with E-state index >= 15 is 0 Å². The van der Waals surface area contributed by atoms with Crippen LogP contribution in [0.3, 0.4) is 0 Å². The van der Waals surface area contributed by atoms with Gasteiger partial charge in [0.05, 0.1) is 0 Å². The lowest BCUT2D eigenvalue weighted by atomic mass is 9.84. The van der Waals surface area contributed by atoms with Crippen molar-refractivity contribution in [2.75, 3.05) is 6.54 Å². The Morgan fingerprint density at radius 2 is 2.18 bits per heavy atom. The Morgan fingerprint density at radius 1 is 1.47 bits per heavy atom. The third kappa shape index (κ3) is 2.72. The Bertz CT molecular complexity index is 358. The lowest BCUT2D eigenvalue weighted by molar-refractivity contribution is -0.143. The number of β-lactam (4-membered cyclic amide) rings is 1. The van der Waals surface area contributed by atoms with Gasteiger partial charge in [0.25, 0.3) is 0 Å². The molecule has 0 aromatic heterocycles. The standard InChI is InChI=1S/C15H21NO/c1-3-13(14-7-5-4-6-8-14)9-10-16-12(2)11-15(16)17/h1,9,12,14H,4-8,10-11H2,2H3/b13-9+. The van der Waals surface area contributed by atoms with Crippen molar-refractivity contribution in [3.8, 4) is 12.3 Å². The highest BCUT2D eigenvalue weighted by Crippen LogP contribution is 2.29. The molecule has 0 aromatic carbocycles. The molecule has 1 saturated carbocycles. The van der Waals surface area contributed by atoms with Crippen LogP contribution in [0, 0.1) is 18.3 Å². The van der Waals surface area contributed by atoms with Crippen molar-refractivity contribution < 1.29 is 4.79 Å². The van der Waals surface area contributed by atoms with E-state index in [1.807, 2.05) is 4.90 Å². The molecular weight excluding hydrogens is 210 g/mol. The van der Waals surface area contributed by atoms with Gasteiger partial charge in [0.2, 0.25) is 5.91 Å². The van der Waals surface area contributed by atoms with Crippen molar-refractivity contribution in [1.29, 1.82) is 0 Å². The highest BCUT2D eigenvalue weighted by molar-refractivity contribution is 5.83. The molecule has 1 saturated heterocycles. The summed E-state index contributed by atoms with van der Waals surface area (Å²) in [6.07, 6.45) is 14.8. The fourth-order valence-electron chi connectivity index (χ4n) is 2.85. The van der Waals surface area contributed by atoms with Crippen LogP contribution in [-0.2, 0) is 4.79 Å². The molecule has 1 atom stereocenters. The molecule has 17 heavy (non-hydrogen) atoms. The van der Waals surface area contributed by atoms with Crippen LogP contribution in [0.5, 0.6) is 0 Å². The van der Waals surface area contributed by atoms with Crippen LogP contribution in [0.4, 0.5) is 0 Å². The topological polar surface area (TPSA) is 20.3 Å². The molecule has 1 aliphatic heterocycles. The van der Waals surface area contributed by atoms with E-state index in [2.05, 4.69) is 18.9 Å². The average Bonchev–Trinajstić information content (AvgIpc) is 2.35. The van der Waals surface area contributed by atoms with E-state index in [1.165, 1.54) is 32.1 Å². The smallest absolute Gasteiger partial charge is 0.225 e. The molecule has 0 bridgehead atoms. The number of hydrogen-bond acceptors (Lipinski definition) is 1. The first kappa shape index (κ1) is 12.2. The number of terminal acetylenes is 1. The van der Waals surface area contributed by atoms with Gasteiger partial charge in [0.15, 0.2) is 0 Å². The van der Waals surface area contributed by atoms with Crippen LogP contribution in [0.15, 0.2) is 11.6 Å². The number of carbonyl (C=O) groups excluding carboxylic acids is 1. The first-order valence-electron chi connectivity index (χ1n) is 6.68. The molecule has 0 aromatic rings. The molecule has 1 heterocycles. The molecule has 1 amide bonds. The SMILES string of the molecule is C#C/C(=C\CN1C(=O)CC1C)C1CCCCC1. The van der Waals surface area contributed by atoms with E-state index in [0.717, 1.165) is 5.57 Å². The molecule has 92 valence electrons. The second-order valence-electron chi connectivity index (χ2n) is 5.24. The summed E-state index contributed by atoms with van der Waals surface area (Å²) >= 11 is 0. The van der Waals surface area contributed by atoms with Gasteiger partial charge in [-0.05, 0) is 25.7 Å². The predicted molar refractivity (Wildman–Crippen MR) is 69.3 cm³/mol. The van der Waals surface area contributed by atoms with E-state index in [1.54, 1.807) is 0 Å². The first-order chi connectivity index (χ1) is 8.22. The summed E-state index contributed by atoms with van der Waals surface area (Å²) in [6.45, 7) is 2.79. The number of carbonyl (C=O) groups is 1. The van der Waals surface area contributed by atoms with Gasteiger partial charge in [-0.15, -0.1) is 6.42 Å². The Balaban J connectivity index is 1.93. The zero-order chi connectivity index (χ0) is 12.3. The van der Waals surface area contributed by atoms with E-state index in [-0.39, 0.29) is 5.91 Å². The molecular formula is C15H21NO. The Hall–Kier alpha value is -1.23. The van der Waals surface area contributed by atoms with Gasteiger partial charge in [0, 0.05) is 24.6 Å². The molecule has 0 radical (unpaired) electrons. The maximum atomic E-state index is 11.4. The summed E-state index contributed by atoms with van der Waals surface area (Å²) in [7, 11) is 0. The minimum Gasteiger partial charge on any atom is -0.336 e. The molecule has 1 unspecified atom stereocenters. The van der Waals surface area contributed by atoms with Crippen LogP contribution in [0.1, 0.15) is 45.4 Å². The summed E-state index contributed by atoms with van der Waals surface area (Å²) in [5.41, 5.74) is 1.12. The number of hydrogen-bond donors (Lipinski definition) is 0. The summed E-state index contributed by atoms with van der Waals surface area (Å²) in [5, 5.41) is 0. The highest BCUT2D eigenvalue weighted by atomic mass is 16.2. The van der Waals surface area contributed by atoms with Crippen LogP contribution in [-0.4, -0.2) is 23.4 Å². The zero-order valence-electron chi connectivity index (χ0n) is 10.6. The van der Waals surface area contributed by atoms with Gasteiger partial charge < -0.3 is 4.90 Å².